The Labute approximate surface area is 106 Å². The molecule has 0 saturated carbocycles. The maximum absolute atomic E-state index is 11.5. The minimum Gasteiger partial charge on any atom is -0.465 e. The second-order valence-corrected chi connectivity index (χ2v) is 3.96. The summed E-state index contributed by atoms with van der Waals surface area (Å²) in [6.45, 7) is 2.32. The maximum atomic E-state index is 11.5. The van der Waals surface area contributed by atoms with E-state index < -0.39 is 0 Å². The third-order valence-corrected chi connectivity index (χ3v) is 2.53. The number of hydrogen-bond donors (Lipinski definition) is 2. The largest absolute Gasteiger partial charge is 0.465 e. The zero-order valence-corrected chi connectivity index (χ0v) is 10.7. The topological polar surface area (TPSA) is 81.4 Å². The van der Waals surface area contributed by atoms with Gasteiger partial charge in [-0.25, -0.2) is 4.79 Å². The fourth-order valence-corrected chi connectivity index (χ4v) is 1.52. The van der Waals surface area contributed by atoms with Gasteiger partial charge in [0.05, 0.1) is 12.7 Å². The Balaban J connectivity index is 2.74. The molecule has 0 heterocycles. The normalized spacial score (nSPS) is 9.94. The standard InChI is InChI=1S/C13H18N2O3/c1-9-8-10(13(17)18-2)5-6-11(9)15-12(16)4-3-7-14/h5-6,8H,3-4,7,14H2,1-2H3,(H,15,16). The van der Waals surface area contributed by atoms with Crippen molar-refractivity contribution in [3.8, 4) is 0 Å². The lowest BCUT2D eigenvalue weighted by Crippen LogP contribution is -2.14. The van der Waals surface area contributed by atoms with E-state index >= 15 is 0 Å². The van der Waals surface area contributed by atoms with Gasteiger partial charge in [-0.2, -0.15) is 0 Å². The van der Waals surface area contributed by atoms with Crippen LogP contribution in [0.5, 0.6) is 0 Å². The van der Waals surface area contributed by atoms with Gasteiger partial charge in [0.2, 0.25) is 5.91 Å². The SMILES string of the molecule is COC(=O)c1ccc(NC(=O)CCCN)c(C)c1. The molecule has 5 nitrogen and oxygen atoms in total. The van der Waals surface area contributed by atoms with Gasteiger partial charge < -0.3 is 15.8 Å². The van der Waals surface area contributed by atoms with E-state index in [1.807, 2.05) is 6.92 Å². The number of nitrogens with one attached hydrogen (secondary N) is 1. The Morgan fingerprint density at radius 3 is 2.67 bits per heavy atom. The molecule has 0 bridgehead atoms. The molecule has 0 radical (unpaired) electrons. The van der Waals surface area contributed by atoms with Crippen LogP contribution in [0.4, 0.5) is 5.69 Å². The van der Waals surface area contributed by atoms with Crippen molar-refractivity contribution >= 4 is 17.6 Å². The third-order valence-electron chi connectivity index (χ3n) is 2.53. The quantitative estimate of drug-likeness (QED) is 0.775. The van der Waals surface area contributed by atoms with Crippen LogP contribution in [0.15, 0.2) is 18.2 Å². The monoisotopic (exact) mass is 250 g/mol. The predicted octanol–water partition coefficient (Wildman–Crippen LogP) is 1.46. The number of hydrogen-bond acceptors (Lipinski definition) is 4. The zero-order valence-electron chi connectivity index (χ0n) is 10.7. The van der Waals surface area contributed by atoms with Gasteiger partial charge in [0, 0.05) is 12.1 Å². The summed E-state index contributed by atoms with van der Waals surface area (Å²) >= 11 is 0. The Kier molecular flexibility index (Phi) is 5.32. The average molecular weight is 250 g/mol. The van der Waals surface area contributed by atoms with Crippen LogP contribution in [0.1, 0.15) is 28.8 Å². The highest BCUT2D eigenvalue weighted by atomic mass is 16.5. The van der Waals surface area contributed by atoms with Crippen molar-refractivity contribution in [2.45, 2.75) is 19.8 Å². The molecule has 0 unspecified atom stereocenters. The van der Waals surface area contributed by atoms with Crippen LogP contribution >= 0.6 is 0 Å². The number of anilines is 1. The minimum absolute atomic E-state index is 0.0747. The lowest BCUT2D eigenvalue weighted by molar-refractivity contribution is -0.116. The Morgan fingerprint density at radius 1 is 1.39 bits per heavy atom. The van der Waals surface area contributed by atoms with E-state index in [-0.39, 0.29) is 11.9 Å². The number of carbonyl (C=O) groups excluding carboxylic acids is 2. The summed E-state index contributed by atoms with van der Waals surface area (Å²) in [5.41, 5.74) is 7.32. The molecule has 0 aliphatic heterocycles. The second-order valence-electron chi connectivity index (χ2n) is 3.96. The average Bonchev–Trinajstić information content (AvgIpc) is 2.37. The summed E-state index contributed by atoms with van der Waals surface area (Å²) < 4.78 is 4.63. The van der Waals surface area contributed by atoms with Crippen LogP contribution in [-0.2, 0) is 9.53 Å². The van der Waals surface area contributed by atoms with Gasteiger partial charge in [-0.3, -0.25) is 4.79 Å². The Morgan fingerprint density at radius 2 is 2.11 bits per heavy atom. The van der Waals surface area contributed by atoms with E-state index in [0.717, 1.165) is 5.56 Å². The maximum Gasteiger partial charge on any atom is 0.337 e. The first-order valence-corrected chi connectivity index (χ1v) is 5.77. The molecule has 0 aliphatic carbocycles. The zero-order chi connectivity index (χ0) is 13.5. The number of carbonyl (C=O) groups is 2. The van der Waals surface area contributed by atoms with E-state index in [9.17, 15) is 9.59 Å². The first kappa shape index (κ1) is 14.2. The summed E-state index contributed by atoms with van der Waals surface area (Å²) in [7, 11) is 1.33. The van der Waals surface area contributed by atoms with Crippen LogP contribution in [0.25, 0.3) is 0 Å². The third kappa shape index (κ3) is 3.85. The fraction of sp³-hybridized carbons (Fsp3) is 0.385. The number of benzene rings is 1. The smallest absolute Gasteiger partial charge is 0.337 e. The molecule has 3 N–H and O–H groups in total. The lowest BCUT2D eigenvalue weighted by atomic mass is 10.1. The fourth-order valence-electron chi connectivity index (χ4n) is 1.52. The molecule has 18 heavy (non-hydrogen) atoms. The van der Waals surface area contributed by atoms with E-state index in [0.29, 0.717) is 30.6 Å². The molecule has 1 aromatic carbocycles. The summed E-state index contributed by atoms with van der Waals surface area (Å²) in [6.07, 6.45) is 1.06. The summed E-state index contributed by atoms with van der Waals surface area (Å²) in [5.74, 6) is -0.464. The second kappa shape index (κ2) is 6.76. The van der Waals surface area contributed by atoms with Gasteiger partial charge in [-0.15, -0.1) is 0 Å². The molecule has 1 amide bonds. The number of ether oxygens (including phenoxy) is 1. The van der Waals surface area contributed by atoms with Gasteiger partial charge >= 0.3 is 5.97 Å². The molecule has 1 aromatic rings. The summed E-state index contributed by atoms with van der Waals surface area (Å²) in [4.78, 5) is 22.9. The molecule has 0 fully saturated rings. The van der Waals surface area contributed by atoms with Gasteiger partial charge in [0.15, 0.2) is 0 Å². The highest BCUT2D eigenvalue weighted by Gasteiger charge is 2.09. The molecule has 0 atom stereocenters. The Bertz CT molecular complexity index is 444. The van der Waals surface area contributed by atoms with E-state index in [1.54, 1.807) is 18.2 Å². The summed E-state index contributed by atoms with van der Waals surface area (Å²) in [5, 5.41) is 2.78. The van der Waals surface area contributed by atoms with Crippen molar-refractivity contribution in [3.05, 3.63) is 29.3 Å². The van der Waals surface area contributed by atoms with Crippen molar-refractivity contribution in [2.75, 3.05) is 19.0 Å². The van der Waals surface area contributed by atoms with Gasteiger partial charge in [-0.1, -0.05) is 0 Å². The van der Waals surface area contributed by atoms with Crippen molar-refractivity contribution in [3.63, 3.8) is 0 Å². The molecule has 0 aromatic heterocycles. The molecular weight excluding hydrogens is 232 g/mol. The first-order chi connectivity index (χ1) is 8.58. The first-order valence-electron chi connectivity index (χ1n) is 5.77. The molecule has 1 rings (SSSR count). The van der Waals surface area contributed by atoms with Crippen molar-refractivity contribution in [2.24, 2.45) is 5.73 Å². The van der Waals surface area contributed by atoms with Crippen molar-refractivity contribution < 1.29 is 14.3 Å². The number of methoxy groups -OCH3 is 1. The number of esters is 1. The number of aryl methyl sites for hydroxylation is 1. The van der Waals surface area contributed by atoms with Crippen LogP contribution < -0.4 is 11.1 Å². The number of amides is 1. The van der Waals surface area contributed by atoms with E-state index in [2.05, 4.69) is 10.1 Å². The number of rotatable bonds is 5. The molecule has 98 valence electrons. The van der Waals surface area contributed by atoms with E-state index in [4.69, 9.17) is 5.73 Å². The molecule has 0 aliphatic rings. The van der Waals surface area contributed by atoms with Crippen LogP contribution in [0.2, 0.25) is 0 Å². The minimum atomic E-state index is -0.390. The Hall–Kier alpha value is -1.88. The molecule has 0 saturated heterocycles. The molecule has 5 heteroatoms. The summed E-state index contributed by atoms with van der Waals surface area (Å²) in [6, 6.07) is 5.00. The van der Waals surface area contributed by atoms with Crippen molar-refractivity contribution in [1.29, 1.82) is 0 Å². The van der Waals surface area contributed by atoms with Gasteiger partial charge in [0.25, 0.3) is 0 Å². The molecule has 0 spiro atoms. The van der Waals surface area contributed by atoms with Crippen LogP contribution in [0, 0.1) is 6.92 Å². The highest BCUT2D eigenvalue weighted by molar-refractivity contribution is 5.94. The lowest BCUT2D eigenvalue weighted by Gasteiger charge is -2.09. The van der Waals surface area contributed by atoms with Gasteiger partial charge in [-0.05, 0) is 43.7 Å². The predicted molar refractivity (Wildman–Crippen MR) is 69.4 cm³/mol. The van der Waals surface area contributed by atoms with Crippen LogP contribution in [-0.4, -0.2) is 25.5 Å². The molecular formula is C13H18N2O3. The van der Waals surface area contributed by atoms with E-state index in [1.165, 1.54) is 7.11 Å². The van der Waals surface area contributed by atoms with Crippen LogP contribution in [0.3, 0.4) is 0 Å². The van der Waals surface area contributed by atoms with Gasteiger partial charge in [0.1, 0.15) is 0 Å². The highest BCUT2D eigenvalue weighted by Crippen LogP contribution is 2.17. The van der Waals surface area contributed by atoms with Crippen molar-refractivity contribution in [1.82, 2.24) is 0 Å². The number of nitrogens with two attached hydrogens (primary N) is 1.